The maximum atomic E-state index is 13.4. The van der Waals surface area contributed by atoms with Gasteiger partial charge < -0.3 is 15.3 Å². The van der Waals surface area contributed by atoms with Crippen LogP contribution in [-0.2, 0) is 6.54 Å². The molecule has 0 radical (unpaired) electrons. The fraction of sp³-hybridized carbons (Fsp3) is 0.600. The number of nitrogens with one attached hydrogen (secondary N) is 1. The molecule has 3 nitrogen and oxygen atoms in total. The number of likely N-dealkylation sites (N-methyl/N-ethyl adjacent to an activating group) is 1. The Hall–Kier alpha value is -1.13. The summed E-state index contributed by atoms with van der Waals surface area (Å²) in [4.78, 5) is 1.98. The highest BCUT2D eigenvalue weighted by Crippen LogP contribution is 2.22. The van der Waals surface area contributed by atoms with Crippen molar-refractivity contribution < 1.29 is 9.50 Å². The van der Waals surface area contributed by atoms with Crippen LogP contribution in [0.5, 0.6) is 0 Å². The molecule has 0 amide bonds. The van der Waals surface area contributed by atoms with E-state index in [1.165, 1.54) is 6.07 Å². The molecule has 0 aliphatic rings. The molecule has 1 aromatic carbocycles. The van der Waals surface area contributed by atoms with Crippen LogP contribution < -0.4 is 10.2 Å². The average Bonchev–Trinajstić information content (AvgIpc) is 2.37. The molecule has 0 spiro atoms. The molecule has 1 atom stereocenters. The minimum Gasteiger partial charge on any atom is -0.394 e. The Bertz CT molecular complexity index is 396. The van der Waals surface area contributed by atoms with Crippen molar-refractivity contribution in [3.05, 3.63) is 29.6 Å². The Balaban J connectivity index is 2.85. The molecular weight excluding hydrogens is 243 g/mol. The van der Waals surface area contributed by atoms with Gasteiger partial charge >= 0.3 is 0 Å². The van der Waals surface area contributed by atoms with Crippen LogP contribution in [0.3, 0.4) is 0 Å². The summed E-state index contributed by atoms with van der Waals surface area (Å²) >= 11 is 0. The van der Waals surface area contributed by atoms with E-state index in [1.54, 1.807) is 12.1 Å². The van der Waals surface area contributed by atoms with Crippen LogP contribution in [0.2, 0.25) is 0 Å². The Morgan fingerprint density at radius 2 is 2.00 bits per heavy atom. The van der Waals surface area contributed by atoms with Gasteiger partial charge in [0.1, 0.15) is 5.82 Å². The number of aliphatic hydroxyl groups is 1. The van der Waals surface area contributed by atoms with E-state index in [9.17, 15) is 9.50 Å². The van der Waals surface area contributed by atoms with Crippen molar-refractivity contribution in [3.63, 3.8) is 0 Å². The van der Waals surface area contributed by atoms with Crippen LogP contribution in [0.1, 0.15) is 26.3 Å². The van der Waals surface area contributed by atoms with Gasteiger partial charge in [0.05, 0.1) is 6.61 Å². The number of rotatable bonds is 7. The van der Waals surface area contributed by atoms with Crippen molar-refractivity contribution in [2.75, 3.05) is 25.1 Å². The molecule has 0 saturated carbocycles. The van der Waals surface area contributed by atoms with Crippen LogP contribution >= 0.6 is 0 Å². The minimum atomic E-state index is -0.227. The van der Waals surface area contributed by atoms with Crippen LogP contribution in [0.25, 0.3) is 0 Å². The normalized spacial score (nSPS) is 12.8. The van der Waals surface area contributed by atoms with Crippen molar-refractivity contribution in [1.29, 1.82) is 0 Å². The van der Waals surface area contributed by atoms with Gasteiger partial charge in [-0.15, -0.1) is 0 Å². The Morgan fingerprint density at radius 3 is 2.58 bits per heavy atom. The highest BCUT2D eigenvalue weighted by molar-refractivity contribution is 5.54. The fourth-order valence-corrected chi connectivity index (χ4v) is 1.90. The number of nitrogens with zero attached hydrogens (tertiary/aromatic N) is 1. The topological polar surface area (TPSA) is 35.5 Å². The Kier molecular flexibility index (Phi) is 6.25. The van der Waals surface area contributed by atoms with Gasteiger partial charge in [-0.1, -0.05) is 13.8 Å². The van der Waals surface area contributed by atoms with Gasteiger partial charge in [-0.25, -0.2) is 4.39 Å². The number of benzene rings is 1. The van der Waals surface area contributed by atoms with Gasteiger partial charge in [0.15, 0.2) is 0 Å². The zero-order chi connectivity index (χ0) is 14.4. The van der Waals surface area contributed by atoms with Crippen molar-refractivity contribution >= 4 is 5.69 Å². The SMILES string of the molecule is CC(C)CNCc1cc(F)ccc1N(C)C(C)CO. The lowest BCUT2D eigenvalue weighted by atomic mass is 10.1. The van der Waals surface area contributed by atoms with Crippen molar-refractivity contribution in [3.8, 4) is 0 Å². The summed E-state index contributed by atoms with van der Waals surface area (Å²) < 4.78 is 13.4. The van der Waals surface area contributed by atoms with Crippen LogP contribution in [0, 0.1) is 11.7 Å². The van der Waals surface area contributed by atoms with Gasteiger partial charge in [0.25, 0.3) is 0 Å². The quantitative estimate of drug-likeness (QED) is 0.797. The first-order valence-corrected chi connectivity index (χ1v) is 6.78. The summed E-state index contributed by atoms with van der Waals surface area (Å²) in [5.74, 6) is 0.334. The van der Waals surface area contributed by atoms with Gasteiger partial charge in [-0.05, 0) is 43.1 Å². The number of aliphatic hydroxyl groups excluding tert-OH is 1. The predicted octanol–water partition coefficient (Wildman–Crippen LogP) is 2.39. The van der Waals surface area contributed by atoms with E-state index >= 15 is 0 Å². The third kappa shape index (κ3) is 4.80. The first kappa shape index (κ1) is 15.9. The molecule has 108 valence electrons. The molecule has 4 heteroatoms. The number of hydrogen-bond acceptors (Lipinski definition) is 3. The van der Waals surface area contributed by atoms with Crippen molar-refractivity contribution in [2.24, 2.45) is 5.92 Å². The summed E-state index contributed by atoms with van der Waals surface area (Å²) in [6.45, 7) is 7.82. The van der Waals surface area contributed by atoms with Crippen molar-refractivity contribution in [2.45, 2.75) is 33.4 Å². The summed E-state index contributed by atoms with van der Waals surface area (Å²) in [5, 5.41) is 12.6. The van der Waals surface area contributed by atoms with E-state index in [4.69, 9.17) is 0 Å². The lowest BCUT2D eigenvalue weighted by Crippen LogP contribution is -2.33. The standard InChI is InChI=1S/C15H25FN2O/c1-11(2)8-17-9-13-7-14(16)5-6-15(13)18(4)12(3)10-19/h5-7,11-12,17,19H,8-10H2,1-4H3. The molecule has 2 N–H and O–H groups in total. The molecule has 1 rings (SSSR count). The molecule has 0 aliphatic carbocycles. The molecule has 1 unspecified atom stereocenters. The third-order valence-corrected chi connectivity index (χ3v) is 3.21. The molecule has 0 fully saturated rings. The number of anilines is 1. The highest BCUT2D eigenvalue weighted by atomic mass is 19.1. The maximum absolute atomic E-state index is 13.4. The average molecular weight is 268 g/mol. The van der Waals surface area contributed by atoms with Crippen molar-refractivity contribution in [1.82, 2.24) is 5.32 Å². The van der Waals surface area contributed by atoms with Gasteiger partial charge in [-0.2, -0.15) is 0 Å². The Morgan fingerprint density at radius 1 is 1.32 bits per heavy atom. The molecular formula is C15H25FN2O. The van der Waals surface area contributed by atoms with E-state index < -0.39 is 0 Å². The summed E-state index contributed by atoms with van der Waals surface area (Å²) in [6, 6.07) is 4.80. The van der Waals surface area contributed by atoms with Crippen LogP contribution in [-0.4, -0.2) is 31.3 Å². The zero-order valence-corrected chi connectivity index (χ0v) is 12.3. The van der Waals surface area contributed by atoms with E-state index in [0.717, 1.165) is 17.8 Å². The molecule has 0 aliphatic heterocycles. The summed E-state index contributed by atoms with van der Waals surface area (Å²) in [7, 11) is 1.92. The van der Waals surface area contributed by atoms with Crippen LogP contribution in [0.4, 0.5) is 10.1 Å². The van der Waals surface area contributed by atoms with E-state index in [1.807, 2.05) is 18.9 Å². The first-order valence-electron chi connectivity index (χ1n) is 6.78. The molecule has 0 heterocycles. The zero-order valence-electron chi connectivity index (χ0n) is 12.3. The monoisotopic (exact) mass is 268 g/mol. The molecule has 0 aromatic heterocycles. The molecule has 0 bridgehead atoms. The second-order valence-corrected chi connectivity index (χ2v) is 5.44. The first-order chi connectivity index (χ1) is 8.95. The second kappa shape index (κ2) is 7.46. The molecule has 19 heavy (non-hydrogen) atoms. The van der Waals surface area contributed by atoms with Gasteiger partial charge in [0, 0.05) is 25.3 Å². The summed E-state index contributed by atoms with van der Waals surface area (Å²) in [6.07, 6.45) is 0. The second-order valence-electron chi connectivity index (χ2n) is 5.44. The third-order valence-electron chi connectivity index (χ3n) is 3.21. The molecule has 1 aromatic rings. The van der Waals surface area contributed by atoms with Gasteiger partial charge in [0.2, 0.25) is 0 Å². The van der Waals surface area contributed by atoms with Gasteiger partial charge in [-0.3, -0.25) is 0 Å². The number of halogens is 1. The minimum absolute atomic E-state index is 0.00862. The summed E-state index contributed by atoms with van der Waals surface area (Å²) in [5.41, 5.74) is 1.88. The van der Waals surface area contributed by atoms with E-state index in [-0.39, 0.29) is 18.5 Å². The lowest BCUT2D eigenvalue weighted by Gasteiger charge is -2.28. The lowest BCUT2D eigenvalue weighted by molar-refractivity contribution is 0.270. The largest absolute Gasteiger partial charge is 0.394 e. The smallest absolute Gasteiger partial charge is 0.123 e. The Labute approximate surface area is 115 Å². The highest BCUT2D eigenvalue weighted by Gasteiger charge is 2.13. The molecule has 0 saturated heterocycles. The van der Waals surface area contributed by atoms with Crippen LogP contribution in [0.15, 0.2) is 18.2 Å². The maximum Gasteiger partial charge on any atom is 0.123 e. The number of hydrogen-bond donors (Lipinski definition) is 2. The predicted molar refractivity (Wildman–Crippen MR) is 77.9 cm³/mol. The van der Waals surface area contributed by atoms with E-state index in [2.05, 4.69) is 19.2 Å². The fourth-order valence-electron chi connectivity index (χ4n) is 1.90. The van der Waals surface area contributed by atoms with E-state index in [0.29, 0.717) is 12.5 Å².